The summed E-state index contributed by atoms with van der Waals surface area (Å²) in [5.41, 5.74) is 0.533. The third-order valence-corrected chi connectivity index (χ3v) is 2.87. The minimum atomic E-state index is -0.359. The highest BCUT2D eigenvalue weighted by molar-refractivity contribution is 5.94. The molecule has 1 aromatic carbocycles. The van der Waals surface area contributed by atoms with Crippen molar-refractivity contribution in [3.05, 3.63) is 23.8 Å². The normalized spacial score (nSPS) is 14.3. The second kappa shape index (κ2) is 5.73. The number of aliphatic hydroxyl groups excluding tert-OH is 1. The molecule has 0 aliphatic carbocycles. The van der Waals surface area contributed by atoms with E-state index in [1.807, 2.05) is 6.92 Å². The van der Waals surface area contributed by atoms with Crippen LogP contribution < -0.4 is 14.8 Å². The molecule has 0 saturated carbocycles. The van der Waals surface area contributed by atoms with Crippen LogP contribution in [0.3, 0.4) is 0 Å². The monoisotopic (exact) mass is 251 g/mol. The third kappa shape index (κ3) is 2.92. The van der Waals surface area contributed by atoms with Gasteiger partial charge in [-0.3, -0.25) is 4.79 Å². The Hall–Kier alpha value is -1.75. The third-order valence-electron chi connectivity index (χ3n) is 2.87. The summed E-state index contributed by atoms with van der Waals surface area (Å²) in [6.45, 7) is 2.57. The van der Waals surface area contributed by atoms with Crippen LogP contribution in [0.4, 0.5) is 0 Å². The summed E-state index contributed by atoms with van der Waals surface area (Å²) in [6.07, 6.45) is 0.897. The number of fused-ring (bicyclic) bond motifs is 1. The van der Waals surface area contributed by atoms with Crippen LogP contribution in [0.25, 0.3) is 0 Å². The Morgan fingerprint density at radius 1 is 1.44 bits per heavy atom. The van der Waals surface area contributed by atoms with Crippen molar-refractivity contribution >= 4 is 5.91 Å². The molecule has 1 atom stereocenters. The molecule has 0 fully saturated rings. The van der Waals surface area contributed by atoms with Crippen LogP contribution in [0.15, 0.2) is 18.2 Å². The van der Waals surface area contributed by atoms with E-state index in [2.05, 4.69) is 5.32 Å². The van der Waals surface area contributed by atoms with Gasteiger partial charge in [-0.25, -0.2) is 0 Å². The molecule has 98 valence electrons. The van der Waals surface area contributed by atoms with Crippen molar-refractivity contribution in [3.63, 3.8) is 0 Å². The van der Waals surface area contributed by atoms with Gasteiger partial charge < -0.3 is 19.9 Å². The Kier molecular flexibility index (Phi) is 4.04. The van der Waals surface area contributed by atoms with Crippen LogP contribution >= 0.6 is 0 Å². The molecule has 0 aromatic heterocycles. The Morgan fingerprint density at radius 2 is 2.22 bits per heavy atom. The number of nitrogens with one attached hydrogen (secondary N) is 1. The van der Waals surface area contributed by atoms with Gasteiger partial charge in [0.15, 0.2) is 11.5 Å². The van der Waals surface area contributed by atoms with E-state index in [1.54, 1.807) is 18.2 Å². The zero-order chi connectivity index (χ0) is 13.0. The minimum Gasteiger partial charge on any atom is -0.454 e. The van der Waals surface area contributed by atoms with Gasteiger partial charge in [0.1, 0.15) is 0 Å². The fraction of sp³-hybridized carbons (Fsp3) is 0.462. The molecule has 2 rings (SSSR count). The summed E-state index contributed by atoms with van der Waals surface area (Å²) in [7, 11) is 0. The highest BCUT2D eigenvalue weighted by atomic mass is 16.7. The topological polar surface area (TPSA) is 67.8 Å². The maximum atomic E-state index is 11.8. The van der Waals surface area contributed by atoms with Gasteiger partial charge in [0.05, 0.1) is 6.10 Å². The van der Waals surface area contributed by atoms with Gasteiger partial charge in [-0.1, -0.05) is 6.92 Å². The first-order valence-corrected chi connectivity index (χ1v) is 6.06. The molecule has 5 nitrogen and oxygen atoms in total. The Morgan fingerprint density at radius 3 is 3.00 bits per heavy atom. The van der Waals surface area contributed by atoms with E-state index in [-0.39, 0.29) is 18.8 Å². The van der Waals surface area contributed by atoms with Crippen molar-refractivity contribution in [3.8, 4) is 11.5 Å². The molecule has 0 radical (unpaired) electrons. The van der Waals surface area contributed by atoms with Crippen LogP contribution in [0, 0.1) is 0 Å². The van der Waals surface area contributed by atoms with E-state index >= 15 is 0 Å². The van der Waals surface area contributed by atoms with Crippen molar-refractivity contribution in [2.24, 2.45) is 0 Å². The summed E-state index contributed by atoms with van der Waals surface area (Å²) in [4.78, 5) is 11.8. The Bertz CT molecular complexity index is 433. The summed E-state index contributed by atoms with van der Waals surface area (Å²) >= 11 is 0. The number of hydrogen-bond donors (Lipinski definition) is 2. The largest absolute Gasteiger partial charge is 0.454 e. The molecule has 1 aliphatic rings. The molecule has 1 unspecified atom stereocenters. The van der Waals surface area contributed by atoms with E-state index in [1.165, 1.54) is 0 Å². The quantitative estimate of drug-likeness (QED) is 0.828. The molecule has 18 heavy (non-hydrogen) atoms. The van der Waals surface area contributed by atoms with Crippen molar-refractivity contribution in [1.29, 1.82) is 0 Å². The highest BCUT2D eigenvalue weighted by Crippen LogP contribution is 2.32. The minimum absolute atomic E-state index is 0.170. The van der Waals surface area contributed by atoms with Gasteiger partial charge in [0.25, 0.3) is 5.91 Å². The van der Waals surface area contributed by atoms with Crippen molar-refractivity contribution in [1.82, 2.24) is 5.32 Å². The average molecular weight is 251 g/mol. The molecular weight excluding hydrogens is 234 g/mol. The van der Waals surface area contributed by atoms with E-state index in [0.717, 1.165) is 0 Å². The van der Waals surface area contributed by atoms with E-state index in [9.17, 15) is 9.90 Å². The molecule has 0 saturated heterocycles. The lowest BCUT2D eigenvalue weighted by Gasteiger charge is -2.09. The summed E-state index contributed by atoms with van der Waals surface area (Å²) in [6, 6.07) is 5.07. The van der Waals surface area contributed by atoms with Crippen LogP contribution in [-0.4, -0.2) is 30.5 Å². The summed E-state index contributed by atoms with van der Waals surface area (Å²) < 4.78 is 10.4. The molecular formula is C13H17NO4. The summed E-state index contributed by atoms with van der Waals surface area (Å²) in [5, 5.41) is 12.1. The molecule has 0 bridgehead atoms. The number of rotatable bonds is 5. The molecule has 1 aromatic rings. The predicted octanol–water partition coefficient (Wildman–Crippen LogP) is 1.31. The lowest BCUT2D eigenvalue weighted by molar-refractivity contribution is 0.0941. The Balaban J connectivity index is 1.89. The fourth-order valence-corrected chi connectivity index (χ4v) is 1.70. The first-order chi connectivity index (χ1) is 8.70. The molecule has 2 N–H and O–H groups in total. The molecule has 0 spiro atoms. The maximum Gasteiger partial charge on any atom is 0.251 e. The van der Waals surface area contributed by atoms with Gasteiger partial charge in [0.2, 0.25) is 6.79 Å². The number of carbonyl (C=O) groups excluding carboxylic acids is 1. The number of amides is 1. The second-order valence-electron chi connectivity index (χ2n) is 4.17. The lowest BCUT2D eigenvalue weighted by Crippen LogP contribution is -2.26. The number of hydrogen-bond acceptors (Lipinski definition) is 4. The van der Waals surface area contributed by atoms with Crippen molar-refractivity contribution in [2.45, 2.75) is 25.9 Å². The summed E-state index contributed by atoms with van der Waals surface area (Å²) in [5.74, 6) is 1.08. The van der Waals surface area contributed by atoms with Crippen LogP contribution in [-0.2, 0) is 0 Å². The zero-order valence-electron chi connectivity index (χ0n) is 10.3. The predicted molar refractivity (Wildman–Crippen MR) is 65.8 cm³/mol. The SMILES string of the molecule is CCC(O)CCNC(=O)c1ccc2c(c1)OCO2. The number of ether oxygens (including phenoxy) is 2. The van der Waals surface area contributed by atoms with E-state index in [4.69, 9.17) is 9.47 Å². The van der Waals surface area contributed by atoms with E-state index < -0.39 is 0 Å². The van der Waals surface area contributed by atoms with Crippen LogP contribution in [0.1, 0.15) is 30.1 Å². The first kappa shape index (κ1) is 12.7. The van der Waals surface area contributed by atoms with Gasteiger partial charge in [0, 0.05) is 12.1 Å². The maximum absolute atomic E-state index is 11.8. The fourth-order valence-electron chi connectivity index (χ4n) is 1.70. The standard InChI is InChI=1S/C13H17NO4/c1-2-10(15)5-6-14-13(16)9-3-4-11-12(7-9)18-8-17-11/h3-4,7,10,15H,2,5-6,8H2,1H3,(H,14,16). The molecule has 1 aliphatic heterocycles. The number of benzene rings is 1. The highest BCUT2D eigenvalue weighted by Gasteiger charge is 2.16. The molecule has 1 amide bonds. The average Bonchev–Trinajstić information content (AvgIpc) is 2.85. The van der Waals surface area contributed by atoms with E-state index in [0.29, 0.717) is 36.4 Å². The van der Waals surface area contributed by atoms with Crippen molar-refractivity contribution < 1.29 is 19.4 Å². The zero-order valence-corrected chi connectivity index (χ0v) is 10.3. The first-order valence-electron chi connectivity index (χ1n) is 6.06. The van der Waals surface area contributed by atoms with Crippen LogP contribution in [0.5, 0.6) is 11.5 Å². The van der Waals surface area contributed by atoms with Gasteiger partial charge in [-0.15, -0.1) is 0 Å². The number of carbonyl (C=O) groups is 1. The van der Waals surface area contributed by atoms with Gasteiger partial charge in [-0.2, -0.15) is 0 Å². The Labute approximate surface area is 106 Å². The van der Waals surface area contributed by atoms with Crippen LogP contribution in [0.2, 0.25) is 0 Å². The van der Waals surface area contributed by atoms with Gasteiger partial charge >= 0.3 is 0 Å². The smallest absolute Gasteiger partial charge is 0.251 e. The molecule has 5 heteroatoms. The number of aliphatic hydroxyl groups is 1. The second-order valence-corrected chi connectivity index (χ2v) is 4.17. The van der Waals surface area contributed by atoms with Gasteiger partial charge in [-0.05, 0) is 31.0 Å². The molecule has 1 heterocycles. The lowest BCUT2D eigenvalue weighted by atomic mass is 10.1. The van der Waals surface area contributed by atoms with Crippen molar-refractivity contribution in [2.75, 3.05) is 13.3 Å².